The summed E-state index contributed by atoms with van der Waals surface area (Å²) >= 11 is 1.59. The minimum atomic E-state index is 0.261. The predicted octanol–water partition coefficient (Wildman–Crippen LogP) is 3.83. The van der Waals surface area contributed by atoms with Crippen molar-refractivity contribution in [2.45, 2.75) is 0 Å². The highest BCUT2D eigenvalue weighted by Gasteiger charge is 2.11. The summed E-state index contributed by atoms with van der Waals surface area (Å²) in [5.74, 6) is 0.261. The van der Waals surface area contributed by atoms with E-state index in [0.29, 0.717) is 0 Å². The van der Waals surface area contributed by atoms with Gasteiger partial charge in [0.05, 0.1) is 23.0 Å². The quantitative estimate of drug-likeness (QED) is 0.611. The summed E-state index contributed by atoms with van der Waals surface area (Å²) in [6.07, 6.45) is 3.77. The number of hydrogen-bond donors (Lipinski definition) is 1. The summed E-state index contributed by atoms with van der Waals surface area (Å²) in [5.41, 5.74) is 3.98. The predicted molar refractivity (Wildman–Crippen MR) is 83.4 cm³/mol. The fraction of sp³-hybridized carbons (Fsp3) is 0. The van der Waals surface area contributed by atoms with Gasteiger partial charge in [0.1, 0.15) is 10.8 Å². The molecule has 102 valence electrons. The van der Waals surface area contributed by atoms with Gasteiger partial charge in [-0.25, -0.2) is 9.50 Å². The lowest BCUT2D eigenvalue weighted by Gasteiger charge is -1.97. The lowest BCUT2D eigenvalue weighted by atomic mass is 10.2. The van der Waals surface area contributed by atoms with E-state index < -0.39 is 0 Å². The van der Waals surface area contributed by atoms with Crippen molar-refractivity contribution in [3.8, 4) is 27.6 Å². The summed E-state index contributed by atoms with van der Waals surface area (Å²) in [4.78, 5) is 4.69. The van der Waals surface area contributed by atoms with Crippen LogP contribution in [0, 0.1) is 0 Å². The Labute approximate surface area is 125 Å². The maximum Gasteiger partial charge on any atom is 0.127 e. The van der Waals surface area contributed by atoms with Crippen molar-refractivity contribution >= 4 is 16.9 Å². The number of fused-ring (bicyclic) bond motifs is 1. The fourth-order valence-corrected chi connectivity index (χ4v) is 3.11. The first-order valence-corrected chi connectivity index (χ1v) is 7.37. The zero-order valence-electron chi connectivity index (χ0n) is 11.0. The Morgan fingerprint density at radius 1 is 1.05 bits per heavy atom. The highest BCUT2D eigenvalue weighted by Crippen LogP contribution is 2.31. The van der Waals surface area contributed by atoms with Crippen molar-refractivity contribution in [3.05, 3.63) is 60.2 Å². The van der Waals surface area contributed by atoms with Crippen molar-refractivity contribution < 1.29 is 5.11 Å². The van der Waals surface area contributed by atoms with Crippen LogP contribution in [0.3, 0.4) is 0 Å². The third kappa shape index (κ3) is 2.08. The van der Waals surface area contributed by atoms with Crippen molar-refractivity contribution in [2.75, 3.05) is 0 Å². The number of hydrogen-bond acceptors (Lipinski definition) is 4. The van der Waals surface area contributed by atoms with Gasteiger partial charge in [-0.2, -0.15) is 5.10 Å². The van der Waals surface area contributed by atoms with Gasteiger partial charge < -0.3 is 5.11 Å². The average molecular weight is 293 g/mol. The van der Waals surface area contributed by atoms with Crippen LogP contribution < -0.4 is 0 Å². The summed E-state index contributed by atoms with van der Waals surface area (Å²) in [6.45, 7) is 0. The third-order valence-electron chi connectivity index (χ3n) is 3.32. The molecule has 1 aromatic carbocycles. The third-order valence-corrected chi connectivity index (χ3v) is 4.20. The van der Waals surface area contributed by atoms with Crippen LogP contribution in [0.5, 0.6) is 5.75 Å². The molecule has 0 aliphatic heterocycles. The van der Waals surface area contributed by atoms with E-state index >= 15 is 0 Å². The molecule has 3 heterocycles. The number of nitrogens with zero attached hydrogens (tertiary/aromatic N) is 3. The van der Waals surface area contributed by atoms with E-state index in [0.717, 1.165) is 27.3 Å². The highest BCUT2D eigenvalue weighted by molar-refractivity contribution is 7.13. The van der Waals surface area contributed by atoms with Gasteiger partial charge in [-0.05, 0) is 36.4 Å². The molecule has 4 rings (SSSR count). The van der Waals surface area contributed by atoms with Gasteiger partial charge >= 0.3 is 0 Å². The van der Waals surface area contributed by atoms with Crippen LogP contribution in [-0.4, -0.2) is 19.7 Å². The van der Waals surface area contributed by atoms with Gasteiger partial charge in [-0.3, -0.25) is 0 Å². The molecule has 5 heteroatoms. The highest BCUT2D eigenvalue weighted by atomic mass is 32.1. The number of aromatic hydroxyl groups is 1. The molecule has 0 saturated carbocycles. The van der Waals surface area contributed by atoms with Crippen molar-refractivity contribution in [2.24, 2.45) is 0 Å². The van der Waals surface area contributed by atoms with Gasteiger partial charge in [0.15, 0.2) is 0 Å². The van der Waals surface area contributed by atoms with Gasteiger partial charge in [0, 0.05) is 17.1 Å². The summed E-state index contributed by atoms with van der Waals surface area (Å²) in [6, 6.07) is 13.0. The number of benzene rings is 1. The second-order valence-corrected chi connectivity index (χ2v) is 5.53. The zero-order valence-corrected chi connectivity index (χ0v) is 11.8. The molecule has 21 heavy (non-hydrogen) atoms. The zero-order chi connectivity index (χ0) is 14.2. The molecule has 0 bridgehead atoms. The first-order valence-electron chi connectivity index (χ1n) is 6.49. The van der Waals surface area contributed by atoms with Crippen LogP contribution in [0.25, 0.3) is 27.3 Å². The van der Waals surface area contributed by atoms with Gasteiger partial charge in [0.2, 0.25) is 0 Å². The Balaban J connectivity index is 1.79. The Bertz CT molecular complexity index is 909. The van der Waals surface area contributed by atoms with Crippen LogP contribution in [0.2, 0.25) is 0 Å². The molecule has 0 saturated heterocycles. The molecule has 0 aliphatic rings. The van der Waals surface area contributed by atoms with E-state index in [-0.39, 0.29) is 5.75 Å². The molecule has 4 aromatic rings. The van der Waals surface area contributed by atoms with Crippen LogP contribution in [0.1, 0.15) is 0 Å². The van der Waals surface area contributed by atoms with Crippen molar-refractivity contribution in [3.63, 3.8) is 0 Å². The smallest absolute Gasteiger partial charge is 0.127 e. The van der Waals surface area contributed by atoms with Crippen LogP contribution in [0.4, 0.5) is 0 Å². The van der Waals surface area contributed by atoms with Gasteiger partial charge in [-0.1, -0.05) is 6.07 Å². The molecule has 0 radical (unpaired) electrons. The molecule has 1 N–H and O–H groups in total. The molecule has 0 unspecified atom stereocenters. The Morgan fingerprint density at radius 2 is 1.90 bits per heavy atom. The van der Waals surface area contributed by atoms with Crippen molar-refractivity contribution in [1.29, 1.82) is 0 Å². The van der Waals surface area contributed by atoms with Crippen LogP contribution in [-0.2, 0) is 0 Å². The average Bonchev–Trinajstić information content (AvgIpc) is 3.14. The summed E-state index contributed by atoms with van der Waals surface area (Å²) in [7, 11) is 0. The lowest BCUT2D eigenvalue weighted by molar-refractivity contribution is 0.475. The second kappa shape index (κ2) is 4.71. The number of pyridine rings is 1. The van der Waals surface area contributed by atoms with E-state index in [1.165, 1.54) is 0 Å². The Hall–Kier alpha value is -2.66. The maximum atomic E-state index is 9.35. The second-order valence-electron chi connectivity index (χ2n) is 4.67. The van der Waals surface area contributed by atoms with E-state index in [1.807, 2.05) is 52.6 Å². The topological polar surface area (TPSA) is 50.4 Å². The molecule has 4 nitrogen and oxygen atoms in total. The fourth-order valence-electron chi connectivity index (χ4n) is 2.26. The van der Waals surface area contributed by atoms with Crippen molar-refractivity contribution in [1.82, 2.24) is 14.6 Å². The van der Waals surface area contributed by atoms with E-state index in [4.69, 9.17) is 0 Å². The number of rotatable bonds is 2. The first-order chi connectivity index (χ1) is 10.3. The molecule has 0 atom stereocenters. The molecule has 0 amide bonds. The van der Waals surface area contributed by atoms with E-state index in [9.17, 15) is 5.11 Å². The maximum absolute atomic E-state index is 9.35. The molecule has 0 spiro atoms. The SMILES string of the molecule is Oc1ccc(-c2csc(-c3cnn4ccccc34)n2)cc1. The molecule has 3 aromatic heterocycles. The largest absolute Gasteiger partial charge is 0.508 e. The molecular weight excluding hydrogens is 282 g/mol. The Morgan fingerprint density at radius 3 is 2.76 bits per heavy atom. The van der Waals surface area contributed by atoms with Gasteiger partial charge in [0.25, 0.3) is 0 Å². The minimum absolute atomic E-state index is 0.261. The monoisotopic (exact) mass is 293 g/mol. The van der Waals surface area contributed by atoms with E-state index in [2.05, 4.69) is 10.1 Å². The molecule has 0 fully saturated rings. The number of phenols is 1. The lowest BCUT2D eigenvalue weighted by Crippen LogP contribution is -1.83. The van der Waals surface area contributed by atoms with Crippen LogP contribution in [0.15, 0.2) is 60.2 Å². The van der Waals surface area contributed by atoms with Crippen LogP contribution >= 0.6 is 11.3 Å². The number of aromatic nitrogens is 3. The molecule has 0 aliphatic carbocycles. The summed E-state index contributed by atoms with van der Waals surface area (Å²) in [5, 5.41) is 16.7. The Kier molecular flexibility index (Phi) is 2.72. The number of thiazole rings is 1. The first kappa shape index (κ1) is 12.1. The standard InChI is InChI=1S/C16H11N3OS/c20-12-6-4-11(5-7-12)14-10-21-16(18-14)13-9-17-19-8-2-1-3-15(13)19/h1-10,20H. The number of phenolic OH excluding ortho intramolecular Hbond substituents is 1. The minimum Gasteiger partial charge on any atom is -0.508 e. The van der Waals surface area contributed by atoms with Gasteiger partial charge in [-0.15, -0.1) is 11.3 Å². The normalized spacial score (nSPS) is 11.0. The molecular formula is C16H11N3OS. The van der Waals surface area contributed by atoms with E-state index in [1.54, 1.807) is 23.5 Å². The summed E-state index contributed by atoms with van der Waals surface area (Å²) < 4.78 is 1.84.